The number of hydrogen-bond acceptors (Lipinski definition) is 4. The van der Waals surface area contributed by atoms with Crippen molar-refractivity contribution in [3.63, 3.8) is 0 Å². The number of carbonyl (C=O) groups excluding carboxylic acids is 1. The van der Waals surface area contributed by atoms with Crippen molar-refractivity contribution < 1.29 is 27.9 Å². The van der Waals surface area contributed by atoms with Gasteiger partial charge in [-0.3, -0.25) is 0 Å². The summed E-state index contributed by atoms with van der Waals surface area (Å²) in [5.41, 5.74) is -0.140. The van der Waals surface area contributed by atoms with Crippen LogP contribution in [-0.2, 0) is 6.54 Å². The minimum absolute atomic E-state index is 0.0458. The number of urea groups is 1. The molecule has 19 heavy (non-hydrogen) atoms. The highest BCUT2D eigenvalue weighted by Gasteiger charge is 2.26. The predicted molar refractivity (Wildman–Crippen MR) is 60.0 cm³/mol. The van der Waals surface area contributed by atoms with Crippen LogP contribution in [-0.4, -0.2) is 34.8 Å². The van der Waals surface area contributed by atoms with Gasteiger partial charge in [0.05, 0.1) is 13.0 Å². The highest BCUT2D eigenvalue weighted by Crippen LogP contribution is 2.18. The Morgan fingerprint density at radius 1 is 1.37 bits per heavy atom. The number of amides is 2. The smallest absolute Gasteiger partial charge is 0.390 e. The number of halogens is 3. The fraction of sp³-hybridized carbons (Fsp3) is 0.444. The number of alkyl halides is 3. The molecule has 1 aromatic rings. The lowest BCUT2D eigenvalue weighted by Crippen LogP contribution is -2.36. The standard InChI is InChI=1S/C9H10F3N3O3S/c10-9(11,12)1-2-13-8(18)14-3-6-15-5(4-19-6)7(16)17/h4H,1-3H2,(H,16,17)(H2,13,14,18). The van der Waals surface area contributed by atoms with Crippen LogP contribution in [0.5, 0.6) is 0 Å². The number of carbonyl (C=O) groups is 2. The molecule has 0 aromatic carbocycles. The second kappa shape index (κ2) is 6.36. The molecular weight excluding hydrogens is 287 g/mol. The van der Waals surface area contributed by atoms with Crippen LogP contribution in [0.3, 0.4) is 0 Å². The van der Waals surface area contributed by atoms with Crippen LogP contribution in [0.15, 0.2) is 5.38 Å². The van der Waals surface area contributed by atoms with Crippen LogP contribution >= 0.6 is 11.3 Å². The van der Waals surface area contributed by atoms with Gasteiger partial charge in [0.2, 0.25) is 0 Å². The molecule has 0 saturated carbocycles. The Bertz CT molecular complexity index is 461. The number of thiazole rings is 1. The molecule has 0 bridgehead atoms. The van der Waals surface area contributed by atoms with Crippen molar-refractivity contribution in [3.8, 4) is 0 Å². The summed E-state index contributed by atoms with van der Waals surface area (Å²) in [7, 11) is 0. The Hall–Kier alpha value is -1.84. The summed E-state index contributed by atoms with van der Waals surface area (Å²) in [6.45, 7) is -0.566. The lowest BCUT2D eigenvalue weighted by atomic mass is 10.4. The van der Waals surface area contributed by atoms with Gasteiger partial charge in [-0.15, -0.1) is 11.3 Å². The largest absolute Gasteiger partial charge is 0.476 e. The SMILES string of the molecule is O=C(NCCC(F)(F)F)NCc1nc(C(=O)O)cs1. The molecular formula is C9H10F3N3O3S. The quantitative estimate of drug-likeness (QED) is 0.769. The van der Waals surface area contributed by atoms with E-state index in [9.17, 15) is 22.8 Å². The molecule has 0 atom stereocenters. The average Bonchev–Trinajstić information content (AvgIpc) is 2.73. The number of carboxylic acids is 1. The fourth-order valence-corrected chi connectivity index (χ4v) is 1.73. The van der Waals surface area contributed by atoms with Crippen LogP contribution in [0.4, 0.5) is 18.0 Å². The first kappa shape index (κ1) is 15.2. The number of carboxylic acid groups (broad SMARTS) is 1. The maximum absolute atomic E-state index is 11.8. The monoisotopic (exact) mass is 297 g/mol. The summed E-state index contributed by atoms with van der Waals surface area (Å²) < 4.78 is 35.4. The van der Waals surface area contributed by atoms with Crippen molar-refractivity contribution >= 4 is 23.3 Å². The first-order valence-corrected chi connectivity index (χ1v) is 5.92. The van der Waals surface area contributed by atoms with Crippen molar-refractivity contribution in [1.29, 1.82) is 0 Å². The summed E-state index contributed by atoms with van der Waals surface area (Å²) in [6, 6.07) is -0.767. The normalized spacial score (nSPS) is 11.1. The third-order valence-corrected chi connectivity index (χ3v) is 2.71. The Kier molecular flexibility index (Phi) is 5.10. The van der Waals surface area contributed by atoms with Gasteiger partial charge in [0.1, 0.15) is 5.01 Å². The summed E-state index contributed by atoms with van der Waals surface area (Å²) in [6.07, 6.45) is -5.43. The number of aromatic carboxylic acids is 1. The average molecular weight is 297 g/mol. The van der Waals surface area contributed by atoms with E-state index in [1.807, 2.05) is 5.32 Å². The molecule has 3 N–H and O–H groups in total. The summed E-state index contributed by atoms with van der Waals surface area (Å²) >= 11 is 1.03. The van der Waals surface area contributed by atoms with Gasteiger partial charge < -0.3 is 15.7 Å². The van der Waals surface area contributed by atoms with Gasteiger partial charge >= 0.3 is 18.2 Å². The second-order valence-electron chi connectivity index (χ2n) is 3.41. The van der Waals surface area contributed by atoms with Crippen LogP contribution in [0.25, 0.3) is 0 Å². The molecule has 106 valence electrons. The molecule has 0 aliphatic carbocycles. The van der Waals surface area contributed by atoms with Gasteiger partial charge in [-0.25, -0.2) is 14.6 Å². The lowest BCUT2D eigenvalue weighted by molar-refractivity contribution is -0.132. The van der Waals surface area contributed by atoms with E-state index in [1.54, 1.807) is 0 Å². The summed E-state index contributed by atoms with van der Waals surface area (Å²) in [4.78, 5) is 25.3. The maximum atomic E-state index is 11.8. The molecule has 0 radical (unpaired) electrons. The van der Waals surface area contributed by atoms with Gasteiger partial charge in [-0.2, -0.15) is 13.2 Å². The minimum Gasteiger partial charge on any atom is -0.476 e. The molecule has 6 nitrogen and oxygen atoms in total. The second-order valence-corrected chi connectivity index (χ2v) is 4.35. The van der Waals surface area contributed by atoms with Crippen molar-refractivity contribution in [2.24, 2.45) is 0 Å². The Morgan fingerprint density at radius 2 is 2.05 bits per heavy atom. The molecule has 0 aliphatic rings. The van der Waals surface area contributed by atoms with Crippen LogP contribution in [0.1, 0.15) is 21.9 Å². The minimum atomic E-state index is -4.32. The number of rotatable bonds is 5. The number of hydrogen-bond donors (Lipinski definition) is 3. The van der Waals surface area contributed by atoms with Crippen molar-refractivity contribution in [1.82, 2.24) is 15.6 Å². The molecule has 2 amide bonds. The lowest BCUT2D eigenvalue weighted by Gasteiger charge is -2.08. The van der Waals surface area contributed by atoms with E-state index in [0.717, 1.165) is 11.3 Å². The van der Waals surface area contributed by atoms with E-state index in [4.69, 9.17) is 5.11 Å². The fourth-order valence-electron chi connectivity index (χ4n) is 1.03. The van der Waals surface area contributed by atoms with Gasteiger partial charge in [-0.1, -0.05) is 0 Å². The predicted octanol–water partition coefficient (Wildman–Crippen LogP) is 1.59. The molecule has 0 fully saturated rings. The third kappa shape index (κ3) is 6.04. The molecule has 0 aliphatic heterocycles. The zero-order chi connectivity index (χ0) is 14.5. The van der Waals surface area contributed by atoms with Crippen molar-refractivity contribution in [2.45, 2.75) is 19.1 Å². The van der Waals surface area contributed by atoms with E-state index >= 15 is 0 Å². The van der Waals surface area contributed by atoms with Crippen LogP contribution in [0, 0.1) is 0 Å². The number of nitrogens with one attached hydrogen (secondary N) is 2. The molecule has 0 unspecified atom stereocenters. The highest BCUT2D eigenvalue weighted by molar-refractivity contribution is 7.09. The number of nitrogens with zero attached hydrogens (tertiary/aromatic N) is 1. The third-order valence-electron chi connectivity index (χ3n) is 1.87. The van der Waals surface area contributed by atoms with Gasteiger partial charge in [0, 0.05) is 11.9 Å². The van der Waals surface area contributed by atoms with E-state index in [-0.39, 0.29) is 12.2 Å². The topological polar surface area (TPSA) is 91.3 Å². The first-order valence-electron chi connectivity index (χ1n) is 5.04. The van der Waals surface area contributed by atoms with Gasteiger partial charge in [-0.05, 0) is 0 Å². The maximum Gasteiger partial charge on any atom is 0.390 e. The van der Waals surface area contributed by atoms with E-state index < -0.39 is 31.1 Å². The molecule has 0 spiro atoms. The Balaban J connectivity index is 2.28. The molecule has 1 rings (SSSR count). The Labute approximate surface area is 109 Å². The van der Waals surface area contributed by atoms with Gasteiger partial charge in [0.15, 0.2) is 5.69 Å². The highest BCUT2D eigenvalue weighted by atomic mass is 32.1. The first-order chi connectivity index (χ1) is 8.78. The molecule has 1 heterocycles. The van der Waals surface area contributed by atoms with Crippen molar-refractivity contribution in [3.05, 3.63) is 16.1 Å². The zero-order valence-corrected chi connectivity index (χ0v) is 10.3. The van der Waals surface area contributed by atoms with E-state index in [0.29, 0.717) is 5.01 Å². The molecule has 10 heteroatoms. The van der Waals surface area contributed by atoms with E-state index in [2.05, 4.69) is 10.3 Å². The van der Waals surface area contributed by atoms with Crippen LogP contribution in [0.2, 0.25) is 0 Å². The molecule has 0 saturated heterocycles. The molecule has 1 aromatic heterocycles. The zero-order valence-electron chi connectivity index (χ0n) is 9.45. The number of aromatic nitrogens is 1. The van der Waals surface area contributed by atoms with Crippen molar-refractivity contribution in [2.75, 3.05) is 6.54 Å². The summed E-state index contributed by atoms with van der Waals surface area (Å²) in [5, 5.41) is 14.6. The van der Waals surface area contributed by atoms with Crippen LogP contribution < -0.4 is 10.6 Å². The Morgan fingerprint density at radius 3 is 2.58 bits per heavy atom. The summed E-state index contributed by atoms with van der Waals surface area (Å²) in [5.74, 6) is -1.18. The van der Waals surface area contributed by atoms with E-state index in [1.165, 1.54) is 5.38 Å². The van der Waals surface area contributed by atoms with Gasteiger partial charge in [0.25, 0.3) is 0 Å².